The summed E-state index contributed by atoms with van der Waals surface area (Å²) in [5.41, 5.74) is -2.27. The van der Waals surface area contributed by atoms with Crippen LogP contribution in [0.3, 0.4) is 0 Å². The zero-order valence-corrected chi connectivity index (χ0v) is 17.8. The number of carbonyl (C=O) groups excluding carboxylic acids is 1. The smallest absolute Gasteiger partial charge is 0.420 e. The molecule has 1 atom stereocenters. The molecule has 1 saturated heterocycles. The van der Waals surface area contributed by atoms with Crippen molar-refractivity contribution in [3.63, 3.8) is 0 Å². The first-order valence-corrected chi connectivity index (χ1v) is 9.67. The number of alkyl halides is 3. The van der Waals surface area contributed by atoms with Crippen LogP contribution in [-0.2, 0) is 10.9 Å². The third-order valence-corrected chi connectivity index (χ3v) is 5.13. The molecule has 0 saturated carbocycles. The summed E-state index contributed by atoms with van der Waals surface area (Å²) >= 11 is 2.80. The van der Waals surface area contributed by atoms with E-state index in [0.717, 1.165) is 0 Å². The molecule has 2 heterocycles. The van der Waals surface area contributed by atoms with Crippen LogP contribution in [0.5, 0.6) is 0 Å². The van der Waals surface area contributed by atoms with Gasteiger partial charge in [-0.05, 0) is 43.6 Å². The van der Waals surface area contributed by atoms with Crippen molar-refractivity contribution >= 4 is 39.1 Å². The lowest BCUT2D eigenvalue weighted by atomic mass is 10.2. The first-order chi connectivity index (χ1) is 13.3. The van der Waals surface area contributed by atoms with E-state index in [1.165, 1.54) is 0 Å². The Hall–Kier alpha value is -2.04. The lowest BCUT2D eigenvalue weighted by molar-refractivity contribution is -0.140. The zero-order valence-electron chi connectivity index (χ0n) is 16.2. The molecule has 0 N–H and O–H groups in total. The van der Waals surface area contributed by atoms with Crippen molar-refractivity contribution in [3.8, 4) is 0 Å². The van der Waals surface area contributed by atoms with Crippen LogP contribution in [-0.4, -0.2) is 47.3 Å². The highest BCUT2D eigenvalue weighted by Gasteiger charge is 2.39. The third kappa shape index (κ3) is 4.44. The molecule has 6 nitrogen and oxygen atoms in total. The van der Waals surface area contributed by atoms with E-state index >= 15 is 0 Å². The number of oxazole rings is 1. The number of amides is 1. The number of anilines is 1. The Morgan fingerprint density at radius 1 is 1.31 bits per heavy atom. The largest absolute Gasteiger partial charge is 0.444 e. The van der Waals surface area contributed by atoms with Gasteiger partial charge in [0.25, 0.3) is 6.01 Å². The highest BCUT2D eigenvalue weighted by atomic mass is 79.9. The maximum Gasteiger partial charge on any atom is 0.420 e. The average Bonchev–Trinajstić information content (AvgIpc) is 2.95. The predicted molar refractivity (Wildman–Crippen MR) is 101 cm³/mol. The summed E-state index contributed by atoms with van der Waals surface area (Å²) < 4.78 is 63.7. The molecule has 0 spiro atoms. The van der Waals surface area contributed by atoms with Crippen LogP contribution in [0.2, 0.25) is 0 Å². The second kappa shape index (κ2) is 7.33. The topological polar surface area (TPSA) is 58.8 Å². The van der Waals surface area contributed by atoms with Crippen LogP contribution in [0.15, 0.2) is 15.0 Å². The minimum absolute atomic E-state index is 0.0286. The number of nitrogens with zero attached hydrogens (tertiary/aromatic N) is 3. The van der Waals surface area contributed by atoms with E-state index in [1.807, 2.05) is 6.92 Å². The quantitative estimate of drug-likeness (QED) is 0.524. The molecule has 1 amide bonds. The Morgan fingerprint density at radius 3 is 2.52 bits per heavy atom. The average molecular weight is 482 g/mol. The number of halogens is 5. The van der Waals surface area contributed by atoms with Crippen LogP contribution >= 0.6 is 15.9 Å². The summed E-state index contributed by atoms with van der Waals surface area (Å²) in [5, 5.41) is 0. The van der Waals surface area contributed by atoms with Crippen molar-refractivity contribution in [1.82, 2.24) is 9.88 Å². The van der Waals surface area contributed by atoms with E-state index < -0.39 is 33.7 Å². The zero-order chi connectivity index (χ0) is 21.7. The highest BCUT2D eigenvalue weighted by Crippen LogP contribution is 2.41. The van der Waals surface area contributed by atoms with Gasteiger partial charge in [0, 0.05) is 31.7 Å². The number of rotatable bonds is 1. The molecule has 0 bridgehead atoms. The Bertz CT molecular complexity index is 939. The maximum atomic E-state index is 14.0. The Labute approximate surface area is 172 Å². The number of ether oxygens (including phenoxy) is 1. The van der Waals surface area contributed by atoms with Crippen molar-refractivity contribution in [2.45, 2.75) is 45.5 Å². The van der Waals surface area contributed by atoms with Crippen molar-refractivity contribution in [1.29, 1.82) is 0 Å². The summed E-state index contributed by atoms with van der Waals surface area (Å²) in [7, 11) is 0. The monoisotopic (exact) mass is 481 g/mol. The normalized spacial score (nSPS) is 18.4. The lowest BCUT2D eigenvalue weighted by Crippen LogP contribution is -2.54. The van der Waals surface area contributed by atoms with Gasteiger partial charge in [0.1, 0.15) is 22.5 Å². The summed E-state index contributed by atoms with van der Waals surface area (Å²) in [5.74, 6) is -1.43. The molecule has 1 fully saturated rings. The molecule has 0 aliphatic carbocycles. The van der Waals surface area contributed by atoms with Crippen LogP contribution in [0.1, 0.15) is 33.3 Å². The summed E-state index contributed by atoms with van der Waals surface area (Å²) in [6.45, 7) is 8.11. The minimum Gasteiger partial charge on any atom is -0.444 e. The Morgan fingerprint density at radius 2 is 1.97 bits per heavy atom. The van der Waals surface area contributed by atoms with Crippen molar-refractivity contribution in [2.75, 3.05) is 24.5 Å². The molecular weight excluding hydrogens is 462 g/mol. The number of fused-ring (bicyclic) bond motifs is 1. The van der Waals surface area contributed by atoms with Gasteiger partial charge in [-0.2, -0.15) is 18.2 Å². The van der Waals surface area contributed by atoms with E-state index in [9.17, 15) is 22.4 Å². The minimum atomic E-state index is -4.88. The first kappa shape index (κ1) is 21.7. The molecule has 1 unspecified atom stereocenters. The van der Waals surface area contributed by atoms with Gasteiger partial charge in [0.05, 0.1) is 4.47 Å². The number of carbonyl (C=O) groups is 1. The second-order valence-electron chi connectivity index (χ2n) is 7.86. The molecular formula is C18H20BrF4N3O3. The number of aromatic nitrogens is 1. The first-order valence-electron chi connectivity index (χ1n) is 8.88. The molecule has 3 rings (SSSR count). The fourth-order valence-electron chi connectivity index (χ4n) is 3.10. The van der Waals surface area contributed by atoms with Gasteiger partial charge in [0.15, 0.2) is 5.58 Å². The van der Waals surface area contributed by atoms with Gasteiger partial charge >= 0.3 is 12.3 Å². The number of benzene rings is 1. The fraction of sp³-hybridized carbons (Fsp3) is 0.556. The number of piperazine rings is 1. The summed E-state index contributed by atoms with van der Waals surface area (Å²) in [6.07, 6.45) is -5.32. The van der Waals surface area contributed by atoms with Crippen LogP contribution in [0.4, 0.5) is 28.4 Å². The van der Waals surface area contributed by atoms with E-state index in [2.05, 4.69) is 20.9 Å². The summed E-state index contributed by atoms with van der Waals surface area (Å²) in [4.78, 5) is 19.7. The maximum absolute atomic E-state index is 14.0. The SMILES string of the molecule is CC1CN(C(=O)OC(C)(C)C)CCN1c1nc2cc(F)c(C(F)(F)F)c(Br)c2o1. The molecule has 29 heavy (non-hydrogen) atoms. The molecule has 11 heteroatoms. The molecule has 160 valence electrons. The third-order valence-electron chi connectivity index (χ3n) is 4.37. The molecule has 1 aromatic heterocycles. The van der Waals surface area contributed by atoms with Gasteiger partial charge in [0.2, 0.25) is 0 Å². The molecule has 2 aromatic rings. The molecule has 1 aliphatic rings. The lowest BCUT2D eigenvalue weighted by Gasteiger charge is -2.39. The van der Waals surface area contributed by atoms with E-state index in [0.29, 0.717) is 25.7 Å². The van der Waals surface area contributed by atoms with Gasteiger partial charge in [-0.25, -0.2) is 9.18 Å². The molecule has 0 radical (unpaired) electrons. The predicted octanol–water partition coefficient (Wildman–Crippen LogP) is 5.19. The van der Waals surface area contributed by atoms with Gasteiger partial charge in [-0.15, -0.1) is 0 Å². The molecule has 1 aliphatic heterocycles. The van der Waals surface area contributed by atoms with E-state index in [1.54, 1.807) is 30.6 Å². The van der Waals surface area contributed by atoms with Gasteiger partial charge < -0.3 is 19.0 Å². The van der Waals surface area contributed by atoms with Crippen molar-refractivity contribution < 1.29 is 31.5 Å². The number of hydrogen-bond acceptors (Lipinski definition) is 5. The Balaban J connectivity index is 1.85. The molecule has 1 aromatic carbocycles. The second-order valence-corrected chi connectivity index (χ2v) is 8.65. The van der Waals surface area contributed by atoms with Crippen LogP contribution < -0.4 is 4.90 Å². The van der Waals surface area contributed by atoms with Crippen LogP contribution in [0, 0.1) is 5.82 Å². The highest BCUT2D eigenvalue weighted by molar-refractivity contribution is 9.10. The standard InChI is InChI=1S/C18H20BrF4N3O3/c1-9-8-25(16(27)29-17(2,3)4)5-6-26(9)15-24-11-7-10(20)12(18(21,22)23)13(19)14(11)28-15/h7,9H,5-6,8H2,1-4H3. The van der Waals surface area contributed by atoms with Gasteiger partial charge in [-0.3, -0.25) is 0 Å². The Kier molecular flexibility index (Phi) is 5.48. The van der Waals surface area contributed by atoms with E-state index in [-0.39, 0.29) is 23.2 Å². The van der Waals surface area contributed by atoms with Crippen molar-refractivity contribution in [2.24, 2.45) is 0 Å². The van der Waals surface area contributed by atoms with Crippen molar-refractivity contribution in [3.05, 3.63) is 21.9 Å². The number of hydrogen-bond donors (Lipinski definition) is 0. The van der Waals surface area contributed by atoms with E-state index in [4.69, 9.17) is 9.15 Å². The summed E-state index contributed by atoms with van der Waals surface area (Å²) in [6, 6.07) is 0.531. The van der Waals surface area contributed by atoms with Crippen LogP contribution in [0.25, 0.3) is 11.1 Å². The van der Waals surface area contributed by atoms with Gasteiger partial charge in [-0.1, -0.05) is 0 Å². The fourth-order valence-corrected chi connectivity index (χ4v) is 3.80.